The van der Waals surface area contributed by atoms with E-state index in [1.54, 1.807) is 0 Å². The van der Waals surface area contributed by atoms with Crippen LogP contribution < -0.4 is 58.2 Å². The van der Waals surface area contributed by atoms with Crippen LogP contribution in [-0.2, 0) is 0 Å². The van der Waals surface area contributed by atoms with E-state index in [-0.39, 0.29) is 58.2 Å². The maximum Gasteiger partial charge on any atom is 1.00 e. The number of hydrogen-bond acceptors (Lipinski definition) is 0. The summed E-state index contributed by atoms with van der Waals surface area (Å²) in [6.45, 7) is 0. The van der Waals surface area contributed by atoms with E-state index in [2.05, 4.69) is 6.42 Å². The molecule has 15 heavy (non-hydrogen) atoms. The van der Waals surface area contributed by atoms with E-state index in [1.165, 1.54) is 32.1 Å². The molecule has 2 aliphatic rings. The van der Waals surface area contributed by atoms with Gasteiger partial charge in [0.15, 0.2) is 0 Å². The molecule has 0 N–H and O–H groups in total. The van der Waals surface area contributed by atoms with Gasteiger partial charge >= 0.3 is 58.2 Å². The van der Waals surface area contributed by atoms with Gasteiger partial charge in [-0.1, -0.05) is 12.8 Å². The molecule has 0 radical (unpaired) electrons. The summed E-state index contributed by atoms with van der Waals surface area (Å²) in [7, 11) is 0. The van der Waals surface area contributed by atoms with E-state index < -0.39 is 6.17 Å². The van der Waals surface area contributed by atoms with Gasteiger partial charge in [0.25, 0.3) is 0 Å². The fourth-order valence-electron chi connectivity index (χ4n) is 3.06. The largest absolute Gasteiger partial charge is 1.00 e. The number of halogens is 1. The predicted octanol–water partition coefficient (Wildman–Crippen LogP) is 1.30. The van der Waals surface area contributed by atoms with Crippen molar-refractivity contribution in [2.45, 2.75) is 64.0 Å². The standard InChI is InChI=1S/C13H22F.Rb/c14-13-8-6-12(7-9-13)10-11-4-2-1-3-5-11;/h1,11-13H,2-10H2;/q-1;+1. The van der Waals surface area contributed by atoms with Crippen LogP contribution in [-0.4, -0.2) is 6.17 Å². The van der Waals surface area contributed by atoms with Gasteiger partial charge in [-0.15, -0.1) is 0 Å². The molecule has 0 aromatic heterocycles. The zero-order valence-electron chi connectivity index (χ0n) is 10.1. The first-order chi connectivity index (χ1) is 6.84. The number of rotatable bonds is 2. The van der Waals surface area contributed by atoms with E-state index in [9.17, 15) is 4.39 Å². The molecule has 2 fully saturated rings. The third kappa shape index (κ3) is 5.27. The zero-order chi connectivity index (χ0) is 9.80. The van der Waals surface area contributed by atoms with Crippen LogP contribution in [0.4, 0.5) is 4.39 Å². The van der Waals surface area contributed by atoms with Crippen molar-refractivity contribution >= 4 is 0 Å². The summed E-state index contributed by atoms with van der Waals surface area (Å²) in [4.78, 5) is 0. The van der Waals surface area contributed by atoms with E-state index in [0.29, 0.717) is 0 Å². The van der Waals surface area contributed by atoms with Gasteiger partial charge in [-0.05, 0) is 43.9 Å². The molecule has 0 unspecified atom stereocenters. The number of hydrogen-bond donors (Lipinski definition) is 0. The molecule has 0 aliphatic heterocycles. The Hall–Kier alpha value is 1.74. The minimum absolute atomic E-state index is 0. The summed E-state index contributed by atoms with van der Waals surface area (Å²) in [5.74, 6) is 1.81. The molecule has 2 heteroatoms. The Labute approximate surface area is 143 Å². The molecule has 0 saturated heterocycles. The molecule has 0 spiro atoms. The van der Waals surface area contributed by atoms with Crippen LogP contribution in [0.3, 0.4) is 0 Å². The summed E-state index contributed by atoms with van der Waals surface area (Å²) in [5, 5.41) is 0. The second-order valence-corrected chi connectivity index (χ2v) is 5.16. The van der Waals surface area contributed by atoms with Crippen LogP contribution in [0.2, 0.25) is 0 Å². The summed E-state index contributed by atoms with van der Waals surface area (Å²) in [5.41, 5.74) is 0. The van der Waals surface area contributed by atoms with Crippen LogP contribution in [0.15, 0.2) is 0 Å². The Balaban J connectivity index is 0.00000112. The van der Waals surface area contributed by atoms with Crippen molar-refractivity contribution in [3.8, 4) is 0 Å². The summed E-state index contributed by atoms with van der Waals surface area (Å²) >= 11 is 0. The van der Waals surface area contributed by atoms with Crippen LogP contribution in [0.5, 0.6) is 0 Å². The van der Waals surface area contributed by atoms with Crippen LogP contribution in [0.25, 0.3) is 0 Å². The van der Waals surface area contributed by atoms with Gasteiger partial charge in [0, 0.05) is 0 Å². The minimum Gasteiger partial charge on any atom is -0.328 e. The predicted molar refractivity (Wildman–Crippen MR) is 57.7 cm³/mol. The fourth-order valence-corrected chi connectivity index (χ4v) is 3.06. The van der Waals surface area contributed by atoms with Crippen molar-refractivity contribution in [2.75, 3.05) is 0 Å². The Morgan fingerprint density at radius 2 is 1.40 bits per heavy atom. The molecule has 2 rings (SSSR count). The van der Waals surface area contributed by atoms with Crippen molar-refractivity contribution in [1.29, 1.82) is 0 Å². The molecular formula is C13H22FRb. The third-order valence-corrected chi connectivity index (χ3v) is 4.00. The van der Waals surface area contributed by atoms with E-state index >= 15 is 0 Å². The smallest absolute Gasteiger partial charge is 0.328 e. The summed E-state index contributed by atoms with van der Waals surface area (Å²) in [6.07, 6.45) is 12.8. The summed E-state index contributed by atoms with van der Waals surface area (Å²) < 4.78 is 12.9. The average Bonchev–Trinajstić information content (AvgIpc) is 2.23. The van der Waals surface area contributed by atoms with Crippen LogP contribution in [0, 0.1) is 18.3 Å². The maximum atomic E-state index is 12.9. The topological polar surface area (TPSA) is 0 Å². The van der Waals surface area contributed by atoms with Gasteiger partial charge in [0.2, 0.25) is 0 Å². The maximum absolute atomic E-state index is 12.9. The Bertz CT molecular complexity index is 158. The minimum atomic E-state index is -0.481. The van der Waals surface area contributed by atoms with E-state index in [1.807, 2.05) is 0 Å². The quantitative estimate of drug-likeness (QED) is 0.670. The van der Waals surface area contributed by atoms with Crippen molar-refractivity contribution in [2.24, 2.45) is 11.8 Å². The molecule has 0 aromatic rings. The molecule has 0 amide bonds. The molecule has 0 nitrogen and oxygen atoms in total. The third-order valence-electron chi connectivity index (χ3n) is 4.00. The fraction of sp³-hybridized carbons (Fsp3) is 0.923. The average molecular weight is 283 g/mol. The van der Waals surface area contributed by atoms with Gasteiger partial charge in [-0.3, -0.25) is 0 Å². The van der Waals surface area contributed by atoms with Gasteiger partial charge in [0.05, 0.1) is 0 Å². The van der Waals surface area contributed by atoms with E-state index in [4.69, 9.17) is 0 Å². The molecule has 2 aliphatic carbocycles. The normalized spacial score (nSPS) is 33.4. The SMILES string of the molecule is FC1CCC(CC2CC[CH-]CC2)CC1.[Rb+]. The number of alkyl halides is 1. The molecule has 0 bridgehead atoms. The molecule has 2 saturated carbocycles. The first kappa shape index (κ1) is 14.8. The van der Waals surface area contributed by atoms with Gasteiger partial charge in [-0.2, -0.15) is 12.8 Å². The van der Waals surface area contributed by atoms with Crippen molar-refractivity contribution in [1.82, 2.24) is 0 Å². The first-order valence-corrected chi connectivity index (χ1v) is 6.30. The Kier molecular flexibility index (Phi) is 7.84. The Morgan fingerprint density at radius 3 is 2.00 bits per heavy atom. The monoisotopic (exact) mass is 282 g/mol. The van der Waals surface area contributed by atoms with Gasteiger partial charge in [0.1, 0.15) is 6.17 Å². The molecule has 0 aromatic carbocycles. The summed E-state index contributed by atoms with van der Waals surface area (Å²) in [6, 6.07) is 0. The van der Waals surface area contributed by atoms with Crippen LogP contribution >= 0.6 is 0 Å². The second kappa shape index (κ2) is 7.95. The van der Waals surface area contributed by atoms with Gasteiger partial charge in [-0.25, -0.2) is 4.39 Å². The van der Waals surface area contributed by atoms with E-state index in [0.717, 1.165) is 37.5 Å². The van der Waals surface area contributed by atoms with Crippen molar-refractivity contribution < 1.29 is 62.6 Å². The molecular weight excluding hydrogens is 261 g/mol. The molecule has 82 valence electrons. The first-order valence-electron chi connectivity index (χ1n) is 6.30. The van der Waals surface area contributed by atoms with Crippen molar-refractivity contribution in [3.63, 3.8) is 0 Å². The Morgan fingerprint density at radius 1 is 0.867 bits per heavy atom. The zero-order valence-corrected chi connectivity index (χ0v) is 15.0. The second-order valence-electron chi connectivity index (χ2n) is 5.16. The molecule has 0 heterocycles. The van der Waals surface area contributed by atoms with Crippen LogP contribution in [0.1, 0.15) is 57.8 Å². The van der Waals surface area contributed by atoms with Gasteiger partial charge < -0.3 is 6.42 Å². The molecule has 0 atom stereocenters. The van der Waals surface area contributed by atoms with Crippen molar-refractivity contribution in [3.05, 3.63) is 6.42 Å².